The fourth-order valence-corrected chi connectivity index (χ4v) is 2.37. The Morgan fingerprint density at radius 3 is 2.40 bits per heavy atom. The van der Waals surface area contributed by atoms with Crippen LogP contribution in [0.25, 0.3) is 0 Å². The molecular formula is C13H12N2O5. The van der Waals surface area contributed by atoms with E-state index >= 15 is 0 Å². The third-order valence-electron chi connectivity index (χ3n) is 3.38. The molecule has 1 N–H and O–H groups in total. The van der Waals surface area contributed by atoms with Gasteiger partial charge < -0.3 is 9.84 Å². The zero-order valence-electron chi connectivity index (χ0n) is 10.5. The monoisotopic (exact) mass is 276 g/mol. The highest BCUT2D eigenvalue weighted by atomic mass is 16.5. The number of ether oxygens (including phenoxy) is 1. The van der Waals surface area contributed by atoms with Crippen LogP contribution in [-0.4, -0.2) is 59.2 Å². The third kappa shape index (κ3) is 1.87. The van der Waals surface area contributed by atoms with Gasteiger partial charge in [0.15, 0.2) is 0 Å². The first-order valence-corrected chi connectivity index (χ1v) is 6.18. The number of amides is 2. The van der Waals surface area contributed by atoms with E-state index in [0.29, 0.717) is 26.3 Å². The summed E-state index contributed by atoms with van der Waals surface area (Å²) in [6.45, 7) is 1.82. The summed E-state index contributed by atoms with van der Waals surface area (Å²) in [7, 11) is 0. The van der Waals surface area contributed by atoms with Crippen LogP contribution >= 0.6 is 0 Å². The fraction of sp³-hybridized carbons (Fsp3) is 0.308. The molecule has 0 unspecified atom stereocenters. The maximum Gasteiger partial charge on any atom is 0.335 e. The summed E-state index contributed by atoms with van der Waals surface area (Å²) < 4.78 is 5.19. The van der Waals surface area contributed by atoms with Crippen LogP contribution < -0.4 is 0 Å². The van der Waals surface area contributed by atoms with Gasteiger partial charge in [-0.25, -0.2) is 14.8 Å². The summed E-state index contributed by atoms with van der Waals surface area (Å²) in [5.74, 6) is -2.02. The minimum Gasteiger partial charge on any atom is -0.478 e. The number of carboxylic acids is 1. The van der Waals surface area contributed by atoms with Gasteiger partial charge in [0.25, 0.3) is 11.8 Å². The number of carbonyl (C=O) groups is 3. The largest absolute Gasteiger partial charge is 0.478 e. The normalized spacial score (nSPS) is 19.3. The van der Waals surface area contributed by atoms with Crippen molar-refractivity contribution in [3.8, 4) is 0 Å². The topological polar surface area (TPSA) is 87.2 Å². The molecule has 1 aromatic carbocycles. The van der Waals surface area contributed by atoms with E-state index in [-0.39, 0.29) is 16.7 Å². The molecule has 0 atom stereocenters. The molecule has 2 amide bonds. The van der Waals surface area contributed by atoms with Gasteiger partial charge in [0.2, 0.25) is 0 Å². The highest BCUT2D eigenvalue weighted by Gasteiger charge is 2.40. The Morgan fingerprint density at radius 2 is 1.75 bits per heavy atom. The van der Waals surface area contributed by atoms with Gasteiger partial charge in [-0.1, -0.05) is 0 Å². The van der Waals surface area contributed by atoms with Crippen molar-refractivity contribution in [2.75, 3.05) is 26.3 Å². The summed E-state index contributed by atoms with van der Waals surface area (Å²) in [4.78, 5) is 35.5. The van der Waals surface area contributed by atoms with E-state index < -0.39 is 17.8 Å². The van der Waals surface area contributed by atoms with Gasteiger partial charge in [0.05, 0.1) is 29.9 Å². The van der Waals surface area contributed by atoms with Gasteiger partial charge in [-0.05, 0) is 18.2 Å². The van der Waals surface area contributed by atoms with Crippen molar-refractivity contribution in [1.82, 2.24) is 10.0 Å². The second-order valence-electron chi connectivity index (χ2n) is 4.55. The quantitative estimate of drug-likeness (QED) is 0.778. The molecule has 2 heterocycles. The van der Waals surface area contributed by atoms with E-state index in [1.165, 1.54) is 18.2 Å². The summed E-state index contributed by atoms with van der Waals surface area (Å²) in [6.07, 6.45) is 0. The zero-order valence-corrected chi connectivity index (χ0v) is 10.5. The van der Waals surface area contributed by atoms with E-state index in [4.69, 9.17) is 9.84 Å². The molecule has 2 aliphatic rings. The Bertz CT molecular complexity index is 607. The van der Waals surface area contributed by atoms with Gasteiger partial charge in [-0.15, -0.1) is 0 Å². The first-order chi connectivity index (χ1) is 9.59. The predicted molar refractivity (Wildman–Crippen MR) is 66.3 cm³/mol. The van der Waals surface area contributed by atoms with Gasteiger partial charge in [-0.2, -0.15) is 0 Å². The molecule has 7 nitrogen and oxygen atoms in total. The fourth-order valence-electron chi connectivity index (χ4n) is 2.37. The van der Waals surface area contributed by atoms with Crippen molar-refractivity contribution in [2.45, 2.75) is 0 Å². The number of carboxylic acid groups (broad SMARTS) is 1. The van der Waals surface area contributed by atoms with E-state index in [1.807, 2.05) is 0 Å². The number of hydrazine groups is 1. The van der Waals surface area contributed by atoms with Crippen LogP contribution in [0.5, 0.6) is 0 Å². The molecule has 0 bridgehead atoms. The van der Waals surface area contributed by atoms with E-state index in [1.54, 1.807) is 5.01 Å². The molecule has 3 rings (SSSR count). The minimum atomic E-state index is -1.13. The lowest BCUT2D eigenvalue weighted by atomic mass is 10.1. The molecule has 0 saturated carbocycles. The Labute approximate surface area is 114 Å². The summed E-state index contributed by atoms with van der Waals surface area (Å²) in [5.41, 5.74) is 0.376. The third-order valence-corrected chi connectivity index (χ3v) is 3.38. The van der Waals surface area contributed by atoms with Crippen LogP contribution in [0, 0.1) is 0 Å². The summed E-state index contributed by atoms with van der Waals surface area (Å²) >= 11 is 0. The van der Waals surface area contributed by atoms with Gasteiger partial charge in [0.1, 0.15) is 0 Å². The van der Waals surface area contributed by atoms with Crippen molar-refractivity contribution < 1.29 is 24.2 Å². The van der Waals surface area contributed by atoms with Gasteiger partial charge >= 0.3 is 5.97 Å². The lowest BCUT2D eigenvalue weighted by molar-refractivity contribution is -0.0524. The van der Waals surface area contributed by atoms with Crippen molar-refractivity contribution in [1.29, 1.82) is 0 Å². The molecule has 1 saturated heterocycles. The molecule has 20 heavy (non-hydrogen) atoms. The first-order valence-electron chi connectivity index (χ1n) is 6.18. The molecule has 0 aromatic heterocycles. The van der Waals surface area contributed by atoms with Crippen molar-refractivity contribution in [3.05, 3.63) is 34.9 Å². The summed E-state index contributed by atoms with van der Waals surface area (Å²) in [6, 6.07) is 3.97. The van der Waals surface area contributed by atoms with E-state index in [9.17, 15) is 14.4 Å². The van der Waals surface area contributed by atoms with Crippen LogP contribution in [0.1, 0.15) is 31.1 Å². The maximum absolute atomic E-state index is 12.3. The average Bonchev–Trinajstić information content (AvgIpc) is 2.71. The lowest BCUT2D eigenvalue weighted by Gasteiger charge is -2.32. The van der Waals surface area contributed by atoms with Crippen molar-refractivity contribution in [2.24, 2.45) is 0 Å². The van der Waals surface area contributed by atoms with Crippen molar-refractivity contribution in [3.63, 3.8) is 0 Å². The highest BCUT2D eigenvalue weighted by Crippen LogP contribution is 2.25. The Hall–Kier alpha value is -2.25. The number of aromatic carboxylic acids is 1. The SMILES string of the molecule is O=C(O)c1ccc2c(c1)C(=O)N(N1CCOCC1)C2=O. The van der Waals surface area contributed by atoms with Crippen LogP contribution in [0.15, 0.2) is 18.2 Å². The molecular weight excluding hydrogens is 264 g/mol. The number of imide groups is 1. The van der Waals surface area contributed by atoms with E-state index in [2.05, 4.69) is 0 Å². The van der Waals surface area contributed by atoms with Gasteiger partial charge in [0, 0.05) is 13.1 Å². The smallest absolute Gasteiger partial charge is 0.335 e. The number of fused-ring (bicyclic) bond motifs is 1. The molecule has 1 fully saturated rings. The number of rotatable bonds is 2. The number of nitrogens with zero attached hydrogens (tertiary/aromatic N) is 2. The Morgan fingerprint density at radius 1 is 1.10 bits per heavy atom. The molecule has 1 aromatic rings. The number of hydrogen-bond acceptors (Lipinski definition) is 5. The zero-order chi connectivity index (χ0) is 14.3. The van der Waals surface area contributed by atoms with Gasteiger partial charge in [-0.3, -0.25) is 9.59 Å². The van der Waals surface area contributed by atoms with Crippen LogP contribution in [0.4, 0.5) is 0 Å². The summed E-state index contributed by atoms with van der Waals surface area (Å²) in [5, 5.41) is 11.7. The lowest BCUT2D eigenvalue weighted by Crippen LogP contribution is -2.51. The standard InChI is InChI=1S/C13H12N2O5/c16-11-9-2-1-8(13(18)19)7-10(9)12(17)15(11)14-3-5-20-6-4-14/h1-2,7H,3-6H2,(H,18,19). The molecule has 7 heteroatoms. The molecule has 0 spiro atoms. The Balaban J connectivity index is 1.96. The van der Waals surface area contributed by atoms with E-state index in [0.717, 1.165) is 5.01 Å². The number of benzene rings is 1. The minimum absolute atomic E-state index is 0.00581. The Kier molecular flexibility index (Phi) is 3.00. The average molecular weight is 276 g/mol. The number of morpholine rings is 1. The van der Waals surface area contributed by atoms with Crippen molar-refractivity contribution >= 4 is 17.8 Å². The second-order valence-corrected chi connectivity index (χ2v) is 4.55. The maximum atomic E-state index is 12.3. The number of carbonyl (C=O) groups excluding carboxylic acids is 2. The second kappa shape index (κ2) is 4.69. The molecule has 2 aliphatic heterocycles. The number of hydrogen-bond donors (Lipinski definition) is 1. The molecule has 104 valence electrons. The predicted octanol–water partition coefficient (Wildman–Crippen LogP) is 0.228. The van der Waals surface area contributed by atoms with Crippen LogP contribution in [-0.2, 0) is 4.74 Å². The molecule has 0 aliphatic carbocycles. The molecule has 0 radical (unpaired) electrons. The first kappa shape index (κ1) is 12.8. The highest BCUT2D eigenvalue weighted by molar-refractivity contribution is 6.21. The van der Waals surface area contributed by atoms with Crippen LogP contribution in [0.3, 0.4) is 0 Å². The van der Waals surface area contributed by atoms with Crippen LogP contribution in [0.2, 0.25) is 0 Å².